The molecule has 2 aromatic carbocycles. The highest BCUT2D eigenvalue weighted by molar-refractivity contribution is 5.80. The molecule has 0 unspecified atom stereocenters. The Morgan fingerprint density at radius 2 is 2.00 bits per heavy atom. The van der Waals surface area contributed by atoms with Crippen molar-refractivity contribution in [3.63, 3.8) is 0 Å². The average Bonchev–Trinajstić information content (AvgIpc) is 2.63. The van der Waals surface area contributed by atoms with Crippen molar-refractivity contribution in [1.29, 1.82) is 0 Å². The molecule has 128 valence electrons. The molecule has 3 rings (SSSR count). The van der Waals surface area contributed by atoms with Crippen molar-refractivity contribution in [3.8, 4) is 5.75 Å². The number of fused-ring (bicyclic) bond motifs is 1. The number of benzene rings is 2. The molecular formula is C18H16FN3O3. The van der Waals surface area contributed by atoms with E-state index >= 15 is 0 Å². The van der Waals surface area contributed by atoms with E-state index in [4.69, 9.17) is 4.74 Å². The lowest BCUT2D eigenvalue weighted by atomic mass is 10.1. The van der Waals surface area contributed by atoms with E-state index in [1.165, 1.54) is 35.9 Å². The Labute approximate surface area is 142 Å². The number of methoxy groups -OCH3 is 1. The Balaban J connectivity index is 1.94. The fourth-order valence-corrected chi connectivity index (χ4v) is 2.69. The Morgan fingerprint density at radius 3 is 2.68 bits per heavy atom. The van der Waals surface area contributed by atoms with Crippen LogP contribution in [-0.4, -0.2) is 16.7 Å². The molecule has 0 N–H and O–H groups in total. The van der Waals surface area contributed by atoms with Gasteiger partial charge in [0, 0.05) is 19.5 Å². The number of ether oxygens (including phenoxy) is 1. The van der Waals surface area contributed by atoms with Gasteiger partial charge in [-0.1, -0.05) is 6.07 Å². The summed E-state index contributed by atoms with van der Waals surface area (Å²) in [4.78, 5) is 27.5. The zero-order valence-electron chi connectivity index (χ0n) is 13.8. The van der Waals surface area contributed by atoms with E-state index in [9.17, 15) is 14.1 Å². The van der Waals surface area contributed by atoms with Gasteiger partial charge in [0.05, 0.1) is 18.0 Å². The van der Waals surface area contributed by atoms with Crippen LogP contribution in [0.15, 0.2) is 46.4 Å². The summed E-state index contributed by atoms with van der Waals surface area (Å²) in [5.41, 5.74) is 0.914. The molecule has 0 aliphatic heterocycles. The minimum absolute atomic E-state index is 0.209. The molecule has 1 aromatic heterocycles. The third-order valence-electron chi connectivity index (χ3n) is 4.14. The molecule has 0 atom stereocenters. The number of halogens is 1. The van der Waals surface area contributed by atoms with Gasteiger partial charge >= 0.3 is 0 Å². The molecule has 0 aliphatic carbocycles. The van der Waals surface area contributed by atoms with Crippen molar-refractivity contribution in [2.75, 3.05) is 7.11 Å². The molecule has 7 heteroatoms. The normalized spacial score (nSPS) is 10.8. The highest BCUT2D eigenvalue weighted by Crippen LogP contribution is 2.19. The van der Waals surface area contributed by atoms with Crippen molar-refractivity contribution in [1.82, 2.24) is 9.55 Å². The van der Waals surface area contributed by atoms with E-state index in [0.717, 1.165) is 0 Å². The first kappa shape index (κ1) is 16.8. The number of rotatable bonds is 5. The van der Waals surface area contributed by atoms with Crippen molar-refractivity contribution >= 4 is 16.6 Å². The zero-order valence-corrected chi connectivity index (χ0v) is 13.8. The summed E-state index contributed by atoms with van der Waals surface area (Å²) in [5, 5.41) is 3.28. The van der Waals surface area contributed by atoms with Crippen LogP contribution in [0.1, 0.15) is 11.4 Å². The van der Waals surface area contributed by atoms with Crippen LogP contribution in [0.25, 0.3) is 10.9 Å². The van der Waals surface area contributed by atoms with Crippen molar-refractivity contribution < 1.29 is 9.13 Å². The molecule has 0 spiro atoms. The number of hydrogen-bond acceptors (Lipinski definition) is 5. The van der Waals surface area contributed by atoms with Gasteiger partial charge in [-0.2, -0.15) is 0 Å². The van der Waals surface area contributed by atoms with Crippen LogP contribution in [-0.2, 0) is 19.9 Å². The largest absolute Gasteiger partial charge is 0.497 e. The summed E-state index contributed by atoms with van der Waals surface area (Å²) in [6.07, 6.45) is 0.761. The molecule has 3 aromatic rings. The number of nitrogens with zero attached hydrogens (tertiary/aromatic N) is 3. The SMILES string of the molecule is COc1ccc(CCc2nc3cc(N=O)ccc3c(=O)n2C)c(F)c1. The summed E-state index contributed by atoms with van der Waals surface area (Å²) in [6.45, 7) is 0. The number of aryl methyl sites for hydroxylation is 2. The smallest absolute Gasteiger partial charge is 0.261 e. The van der Waals surface area contributed by atoms with Gasteiger partial charge in [-0.3, -0.25) is 9.36 Å². The summed E-state index contributed by atoms with van der Waals surface area (Å²) in [6, 6.07) is 9.15. The lowest BCUT2D eigenvalue weighted by Crippen LogP contribution is -2.22. The Kier molecular flexibility index (Phi) is 4.56. The first-order valence-corrected chi connectivity index (χ1v) is 7.69. The molecule has 0 fully saturated rings. The molecule has 0 saturated heterocycles. The molecule has 0 aliphatic rings. The van der Waals surface area contributed by atoms with Gasteiger partial charge in [-0.15, -0.1) is 4.91 Å². The average molecular weight is 341 g/mol. The van der Waals surface area contributed by atoms with Crippen molar-refractivity contribution in [2.45, 2.75) is 12.8 Å². The first-order valence-electron chi connectivity index (χ1n) is 7.69. The van der Waals surface area contributed by atoms with E-state index in [2.05, 4.69) is 10.2 Å². The maximum Gasteiger partial charge on any atom is 0.261 e. The Bertz CT molecular complexity index is 1010. The fourth-order valence-electron chi connectivity index (χ4n) is 2.69. The second kappa shape index (κ2) is 6.80. The topological polar surface area (TPSA) is 73.6 Å². The van der Waals surface area contributed by atoms with Gasteiger partial charge in [-0.25, -0.2) is 9.37 Å². The lowest BCUT2D eigenvalue weighted by molar-refractivity contribution is 0.410. The van der Waals surface area contributed by atoms with Gasteiger partial charge in [0.1, 0.15) is 23.1 Å². The van der Waals surface area contributed by atoms with Crippen LogP contribution in [0.3, 0.4) is 0 Å². The van der Waals surface area contributed by atoms with Crippen LogP contribution >= 0.6 is 0 Å². The summed E-state index contributed by atoms with van der Waals surface area (Å²) in [7, 11) is 3.10. The zero-order chi connectivity index (χ0) is 18.0. The summed E-state index contributed by atoms with van der Waals surface area (Å²) in [5.74, 6) is 0.597. The standard InChI is InChI=1S/C18H16FN3O3/c1-22-17(8-4-11-3-6-13(25-2)10-15(11)19)20-16-9-12(21-24)5-7-14(16)18(22)23/h3,5-7,9-10H,4,8H2,1-2H3. The van der Waals surface area contributed by atoms with Gasteiger partial charge in [0.15, 0.2) is 0 Å². The monoisotopic (exact) mass is 341 g/mol. The highest BCUT2D eigenvalue weighted by atomic mass is 19.1. The second-order valence-corrected chi connectivity index (χ2v) is 5.64. The van der Waals surface area contributed by atoms with Crippen molar-refractivity contribution in [2.24, 2.45) is 12.2 Å². The minimum atomic E-state index is -0.363. The molecule has 1 heterocycles. The Morgan fingerprint density at radius 1 is 1.20 bits per heavy atom. The van der Waals surface area contributed by atoms with Crippen LogP contribution in [0.5, 0.6) is 5.75 Å². The highest BCUT2D eigenvalue weighted by Gasteiger charge is 2.11. The van der Waals surface area contributed by atoms with E-state index in [1.807, 2.05) is 0 Å². The predicted octanol–water partition coefficient (Wildman–Crippen LogP) is 3.26. The second-order valence-electron chi connectivity index (χ2n) is 5.64. The Hall–Kier alpha value is -3.09. The molecule has 25 heavy (non-hydrogen) atoms. The molecule has 0 radical (unpaired) electrons. The molecule has 0 bridgehead atoms. The summed E-state index contributed by atoms with van der Waals surface area (Å²) >= 11 is 0. The number of hydrogen-bond donors (Lipinski definition) is 0. The first-order chi connectivity index (χ1) is 12.0. The number of aromatic nitrogens is 2. The maximum atomic E-state index is 14.1. The lowest BCUT2D eigenvalue weighted by Gasteiger charge is -2.10. The molecule has 0 saturated carbocycles. The van der Waals surface area contributed by atoms with E-state index in [1.54, 1.807) is 19.2 Å². The van der Waals surface area contributed by atoms with Gasteiger partial charge < -0.3 is 4.74 Å². The maximum absolute atomic E-state index is 14.1. The van der Waals surface area contributed by atoms with Crippen LogP contribution in [0.2, 0.25) is 0 Å². The number of nitroso groups, excluding NO2 is 1. The summed E-state index contributed by atoms with van der Waals surface area (Å²) < 4.78 is 20.5. The molecule has 0 amide bonds. The van der Waals surface area contributed by atoms with Gasteiger partial charge in [0.2, 0.25) is 0 Å². The van der Waals surface area contributed by atoms with Crippen LogP contribution in [0, 0.1) is 10.7 Å². The van der Waals surface area contributed by atoms with Crippen molar-refractivity contribution in [3.05, 3.63) is 68.9 Å². The predicted molar refractivity (Wildman–Crippen MR) is 92.8 cm³/mol. The third-order valence-corrected chi connectivity index (χ3v) is 4.14. The van der Waals surface area contributed by atoms with Gasteiger partial charge in [-0.05, 0) is 41.4 Å². The van der Waals surface area contributed by atoms with E-state index in [-0.39, 0.29) is 17.1 Å². The van der Waals surface area contributed by atoms with E-state index in [0.29, 0.717) is 40.9 Å². The molecular weight excluding hydrogens is 325 g/mol. The van der Waals surface area contributed by atoms with Crippen LogP contribution < -0.4 is 10.3 Å². The van der Waals surface area contributed by atoms with E-state index < -0.39 is 0 Å². The molecule has 6 nitrogen and oxygen atoms in total. The fraction of sp³-hybridized carbons (Fsp3) is 0.222. The quantitative estimate of drug-likeness (QED) is 0.668. The minimum Gasteiger partial charge on any atom is -0.497 e. The van der Waals surface area contributed by atoms with Crippen LogP contribution in [0.4, 0.5) is 10.1 Å². The third kappa shape index (κ3) is 3.26. The van der Waals surface area contributed by atoms with Gasteiger partial charge in [0.25, 0.3) is 5.56 Å².